The van der Waals surface area contributed by atoms with E-state index in [1.165, 1.54) is 0 Å². The van der Waals surface area contributed by atoms with Gasteiger partial charge in [-0.1, -0.05) is 0 Å². The normalized spacial score (nSPS) is 6.89. The van der Waals surface area contributed by atoms with Gasteiger partial charge < -0.3 is 0 Å². The van der Waals surface area contributed by atoms with E-state index in [0.717, 1.165) is 13.2 Å². The third kappa shape index (κ3) is 17.7. The van der Waals surface area contributed by atoms with Crippen LogP contribution in [0.25, 0.3) is 0 Å². The summed E-state index contributed by atoms with van der Waals surface area (Å²) >= 11 is -0.486. The Morgan fingerprint density at radius 2 is 1.33 bits per heavy atom. The van der Waals surface area contributed by atoms with Crippen LogP contribution in [0.1, 0.15) is 13.8 Å². The van der Waals surface area contributed by atoms with E-state index in [4.69, 9.17) is 6.64 Å². The van der Waals surface area contributed by atoms with Crippen molar-refractivity contribution in [2.75, 3.05) is 13.2 Å². The van der Waals surface area contributed by atoms with Gasteiger partial charge in [-0.25, -0.2) is 0 Å². The maximum atomic E-state index is 4.98. The molecule has 0 unspecified atom stereocenters. The average Bonchev–Trinajstić information content (AvgIpc) is 1.69. The monoisotopic (exact) mass is 298 g/mol. The minimum atomic E-state index is -0.486. The standard InChI is InChI=1S/2C2H5O.2BrH.Ti/c2*1-2-3;;;/h2*2H2,1H3;2*1H;/q2*-1;;;+2. The molecule has 0 spiro atoms. The Balaban J connectivity index is -0.000000180. The van der Waals surface area contributed by atoms with Crippen LogP contribution in [-0.4, -0.2) is 13.2 Å². The van der Waals surface area contributed by atoms with Gasteiger partial charge in [0.15, 0.2) is 0 Å². The van der Waals surface area contributed by atoms with Crippen molar-refractivity contribution in [3.63, 3.8) is 0 Å². The van der Waals surface area contributed by atoms with Gasteiger partial charge in [-0.3, -0.25) is 0 Å². The van der Waals surface area contributed by atoms with E-state index in [9.17, 15) is 0 Å². The number of halogens is 2. The van der Waals surface area contributed by atoms with Crippen LogP contribution in [0.4, 0.5) is 0 Å². The Morgan fingerprint density at radius 1 is 1.00 bits per heavy atom. The van der Waals surface area contributed by atoms with Gasteiger partial charge in [0.05, 0.1) is 0 Å². The quantitative estimate of drug-likeness (QED) is 0.585. The molecule has 0 saturated carbocycles. The molecule has 0 aliphatic rings. The molecule has 0 heterocycles. The SMILES string of the molecule is Br.Br.CC[O][Ti][O]CC. The Morgan fingerprint density at radius 3 is 1.56 bits per heavy atom. The molecule has 9 heavy (non-hydrogen) atoms. The summed E-state index contributed by atoms with van der Waals surface area (Å²) in [5.74, 6) is 0. The summed E-state index contributed by atoms with van der Waals surface area (Å²) in [4.78, 5) is 0. The fourth-order valence-corrected chi connectivity index (χ4v) is 0.658. The Kier molecular flexibility index (Phi) is 30.6. The summed E-state index contributed by atoms with van der Waals surface area (Å²) in [6, 6.07) is 0. The van der Waals surface area contributed by atoms with Gasteiger partial charge >= 0.3 is 53.6 Å². The van der Waals surface area contributed by atoms with Crippen LogP contribution in [0.5, 0.6) is 0 Å². The van der Waals surface area contributed by atoms with Crippen LogP contribution in [0.2, 0.25) is 0 Å². The van der Waals surface area contributed by atoms with Crippen LogP contribution in [0.3, 0.4) is 0 Å². The number of hydrogen-bond acceptors (Lipinski definition) is 2. The Labute approximate surface area is 87.1 Å². The maximum absolute atomic E-state index is 4.98. The predicted molar refractivity (Wildman–Crippen MR) is 43.9 cm³/mol. The van der Waals surface area contributed by atoms with Crippen LogP contribution in [0, 0.1) is 0 Å². The van der Waals surface area contributed by atoms with Crippen LogP contribution >= 0.6 is 34.0 Å². The zero-order valence-electron chi connectivity index (χ0n) is 5.55. The molecule has 0 bridgehead atoms. The number of rotatable bonds is 4. The zero-order chi connectivity index (χ0) is 5.54. The van der Waals surface area contributed by atoms with Crippen LogP contribution in [0.15, 0.2) is 0 Å². The first-order valence-electron chi connectivity index (χ1n) is 2.40. The second-order valence-corrected chi connectivity index (χ2v) is 2.11. The predicted octanol–water partition coefficient (Wildman–Crippen LogP) is 2.13. The van der Waals surface area contributed by atoms with Gasteiger partial charge in [0, 0.05) is 0 Å². The summed E-state index contributed by atoms with van der Waals surface area (Å²) in [5.41, 5.74) is 0. The van der Waals surface area contributed by atoms with Crippen LogP contribution < -0.4 is 0 Å². The van der Waals surface area contributed by atoms with Crippen molar-refractivity contribution in [2.45, 2.75) is 13.8 Å². The van der Waals surface area contributed by atoms with E-state index in [2.05, 4.69) is 0 Å². The molecule has 0 fully saturated rings. The van der Waals surface area contributed by atoms with Gasteiger partial charge in [0.2, 0.25) is 0 Å². The first-order valence-corrected chi connectivity index (χ1v) is 3.67. The molecule has 5 heteroatoms. The molecule has 0 atom stereocenters. The molecule has 0 aliphatic carbocycles. The topological polar surface area (TPSA) is 18.5 Å². The van der Waals surface area contributed by atoms with Crippen LogP contribution in [-0.2, 0) is 26.6 Å². The van der Waals surface area contributed by atoms with E-state index in [1.54, 1.807) is 0 Å². The molecule has 58 valence electrons. The first kappa shape index (κ1) is 16.9. The molecule has 0 aliphatic heterocycles. The van der Waals surface area contributed by atoms with Gasteiger partial charge in [-0.2, -0.15) is 0 Å². The molecular weight excluding hydrogens is 288 g/mol. The van der Waals surface area contributed by atoms with E-state index < -0.39 is 19.9 Å². The van der Waals surface area contributed by atoms with Crippen molar-refractivity contribution >= 4 is 34.0 Å². The van der Waals surface area contributed by atoms with Gasteiger partial charge in [-0.05, 0) is 0 Å². The molecule has 0 radical (unpaired) electrons. The Bertz CT molecular complexity index is 35.7. The van der Waals surface area contributed by atoms with Crippen molar-refractivity contribution < 1.29 is 26.6 Å². The summed E-state index contributed by atoms with van der Waals surface area (Å²) in [6.45, 7) is 5.53. The summed E-state index contributed by atoms with van der Waals surface area (Å²) in [6.07, 6.45) is 0. The van der Waals surface area contributed by atoms with Crippen molar-refractivity contribution in [1.29, 1.82) is 0 Å². The average molecular weight is 300 g/mol. The molecule has 2 nitrogen and oxygen atoms in total. The molecule has 0 N–H and O–H groups in total. The van der Waals surface area contributed by atoms with Crippen molar-refractivity contribution in [3.8, 4) is 0 Å². The van der Waals surface area contributed by atoms with Gasteiger partial charge in [-0.15, -0.1) is 34.0 Å². The van der Waals surface area contributed by atoms with Crippen molar-refractivity contribution in [1.82, 2.24) is 0 Å². The van der Waals surface area contributed by atoms with Crippen molar-refractivity contribution in [3.05, 3.63) is 0 Å². The van der Waals surface area contributed by atoms with E-state index in [1.807, 2.05) is 13.8 Å². The number of hydrogen-bond donors (Lipinski definition) is 0. The van der Waals surface area contributed by atoms with Gasteiger partial charge in [0.25, 0.3) is 0 Å². The summed E-state index contributed by atoms with van der Waals surface area (Å²) in [5, 5.41) is 0. The summed E-state index contributed by atoms with van der Waals surface area (Å²) < 4.78 is 9.95. The van der Waals surface area contributed by atoms with E-state index in [-0.39, 0.29) is 34.0 Å². The second kappa shape index (κ2) is 16.3. The molecule has 0 aromatic carbocycles. The minimum absolute atomic E-state index is 0. The fraction of sp³-hybridized carbons (Fsp3) is 1.00. The molecule has 0 aromatic heterocycles. The molecular formula is C4H12Br2O2Ti. The molecule has 0 saturated heterocycles. The van der Waals surface area contributed by atoms with Gasteiger partial charge in [0.1, 0.15) is 0 Å². The third-order valence-corrected chi connectivity index (χ3v) is 1.68. The molecule has 0 aromatic rings. The van der Waals surface area contributed by atoms with E-state index >= 15 is 0 Å². The fourth-order valence-electron chi connectivity index (χ4n) is 0.160. The van der Waals surface area contributed by atoms with Crippen molar-refractivity contribution in [2.24, 2.45) is 0 Å². The first-order chi connectivity index (χ1) is 3.41. The van der Waals surface area contributed by atoms with E-state index in [0.29, 0.717) is 0 Å². The molecule has 0 amide bonds. The Hall–Kier alpha value is 1.59. The summed E-state index contributed by atoms with van der Waals surface area (Å²) in [7, 11) is 0. The zero-order valence-corrected chi connectivity index (χ0v) is 10.5. The molecule has 0 rings (SSSR count). The third-order valence-electron chi connectivity index (χ3n) is 0.407. The second-order valence-electron chi connectivity index (χ2n) is 0.949.